The Morgan fingerprint density at radius 3 is 1.91 bits per heavy atom. The summed E-state index contributed by atoms with van der Waals surface area (Å²) >= 11 is 0. The molecule has 0 atom stereocenters. The van der Waals surface area contributed by atoms with Gasteiger partial charge in [-0.2, -0.15) is 18.4 Å². The van der Waals surface area contributed by atoms with Crippen LogP contribution >= 0.6 is 0 Å². The minimum atomic E-state index is -4.92. The zero-order chi connectivity index (χ0) is 32.7. The summed E-state index contributed by atoms with van der Waals surface area (Å²) < 4.78 is 49.0. The van der Waals surface area contributed by atoms with Gasteiger partial charge < -0.3 is 9.30 Å². The number of ether oxygens (including phenoxy) is 1. The Hall–Kier alpha value is -5.95. The number of benzene rings is 4. The van der Waals surface area contributed by atoms with Gasteiger partial charge >= 0.3 is 6.18 Å². The molecule has 1 aliphatic rings. The molecule has 4 aromatic carbocycles. The standard InChI is InChI=1S/C36H24F3N3O4/c1-21-7-8-24(22(2)17-21)20-41-32(18-31(36(37,38)39)30(19-40)33(41)43)23-9-13-26(14-10-23)46-27-15-11-25(12-16-27)42-34(44)28-5-3-4-6-29(28)35(42)45/h3-18H,20H2,1-2H3. The minimum absolute atomic E-state index is 0.00635. The van der Waals surface area contributed by atoms with Crippen molar-refractivity contribution in [3.63, 3.8) is 0 Å². The highest BCUT2D eigenvalue weighted by Gasteiger charge is 2.37. The van der Waals surface area contributed by atoms with Gasteiger partial charge in [0.05, 0.1) is 34.6 Å². The van der Waals surface area contributed by atoms with E-state index in [9.17, 15) is 32.8 Å². The number of aromatic nitrogens is 1. The van der Waals surface area contributed by atoms with Crippen molar-refractivity contribution in [2.24, 2.45) is 0 Å². The molecule has 0 radical (unpaired) electrons. The molecule has 1 aromatic heterocycles. The van der Waals surface area contributed by atoms with Crippen LogP contribution in [0.25, 0.3) is 11.3 Å². The average molecular weight is 620 g/mol. The Balaban J connectivity index is 1.30. The number of nitrogens with zero attached hydrogens (tertiary/aromatic N) is 3. The van der Waals surface area contributed by atoms with Crippen molar-refractivity contribution in [2.75, 3.05) is 4.90 Å². The molecular formula is C36H24F3N3O4. The van der Waals surface area contributed by atoms with E-state index in [1.54, 1.807) is 66.7 Å². The van der Waals surface area contributed by atoms with Gasteiger partial charge in [-0.1, -0.05) is 35.9 Å². The van der Waals surface area contributed by atoms with Gasteiger partial charge in [-0.15, -0.1) is 0 Å². The smallest absolute Gasteiger partial charge is 0.417 e. The van der Waals surface area contributed by atoms with E-state index in [4.69, 9.17) is 4.74 Å². The molecule has 2 amide bonds. The van der Waals surface area contributed by atoms with E-state index in [1.807, 2.05) is 26.0 Å². The van der Waals surface area contributed by atoms with Crippen LogP contribution in [0.1, 0.15) is 48.5 Å². The number of pyridine rings is 1. The molecule has 0 unspecified atom stereocenters. The van der Waals surface area contributed by atoms with E-state index in [1.165, 1.54) is 22.8 Å². The highest BCUT2D eigenvalue weighted by molar-refractivity contribution is 6.34. The third kappa shape index (κ3) is 5.43. The lowest BCUT2D eigenvalue weighted by Gasteiger charge is -2.19. The zero-order valence-corrected chi connectivity index (χ0v) is 24.6. The lowest BCUT2D eigenvalue weighted by molar-refractivity contribution is -0.137. The fourth-order valence-electron chi connectivity index (χ4n) is 5.48. The normalized spacial score (nSPS) is 12.7. The first-order chi connectivity index (χ1) is 22.0. The van der Waals surface area contributed by atoms with Crippen molar-refractivity contribution < 1.29 is 27.5 Å². The molecule has 46 heavy (non-hydrogen) atoms. The number of alkyl halides is 3. The van der Waals surface area contributed by atoms with Crippen molar-refractivity contribution >= 4 is 17.5 Å². The number of anilines is 1. The monoisotopic (exact) mass is 619 g/mol. The number of carbonyl (C=O) groups is 2. The number of halogens is 3. The van der Waals surface area contributed by atoms with Crippen LogP contribution in [0, 0.1) is 25.2 Å². The summed E-state index contributed by atoms with van der Waals surface area (Å²) in [4.78, 5) is 40.0. The average Bonchev–Trinajstić information content (AvgIpc) is 3.28. The Morgan fingerprint density at radius 2 is 1.37 bits per heavy atom. The van der Waals surface area contributed by atoms with Crippen LogP contribution in [-0.2, 0) is 12.7 Å². The van der Waals surface area contributed by atoms with Crippen LogP contribution in [0.4, 0.5) is 18.9 Å². The van der Waals surface area contributed by atoms with E-state index in [0.717, 1.165) is 27.7 Å². The maximum absolute atomic E-state index is 14.0. The number of carbonyl (C=O) groups excluding carboxylic acids is 2. The molecule has 0 N–H and O–H groups in total. The van der Waals surface area contributed by atoms with Crippen molar-refractivity contribution in [2.45, 2.75) is 26.6 Å². The second kappa shape index (κ2) is 11.5. The van der Waals surface area contributed by atoms with Crippen molar-refractivity contribution in [1.29, 1.82) is 5.26 Å². The van der Waals surface area contributed by atoms with Gasteiger partial charge in [0.15, 0.2) is 0 Å². The Kier molecular flexibility index (Phi) is 7.54. The largest absolute Gasteiger partial charge is 0.457 e. The molecule has 2 heterocycles. The second-order valence-corrected chi connectivity index (χ2v) is 10.9. The van der Waals surface area contributed by atoms with Gasteiger partial charge in [0.1, 0.15) is 23.1 Å². The molecule has 0 saturated heterocycles. The van der Waals surface area contributed by atoms with Crippen LogP contribution in [0.5, 0.6) is 11.5 Å². The number of amides is 2. The first kappa shape index (κ1) is 30.1. The minimum Gasteiger partial charge on any atom is -0.457 e. The highest BCUT2D eigenvalue weighted by atomic mass is 19.4. The summed E-state index contributed by atoms with van der Waals surface area (Å²) in [5, 5.41) is 9.51. The van der Waals surface area contributed by atoms with Crippen molar-refractivity contribution in [3.05, 3.63) is 146 Å². The van der Waals surface area contributed by atoms with Gasteiger partial charge in [0.25, 0.3) is 17.4 Å². The molecule has 5 aromatic rings. The number of nitriles is 1. The summed E-state index contributed by atoms with van der Waals surface area (Å²) in [5.74, 6) is -0.0995. The Bertz CT molecular complexity index is 2090. The number of imide groups is 1. The number of aryl methyl sites for hydroxylation is 2. The lowest BCUT2D eigenvalue weighted by atomic mass is 10.0. The molecule has 6 rings (SSSR count). The Labute approximate surface area is 261 Å². The van der Waals surface area contributed by atoms with E-state index >= 15 is 0 Å². The maximum atomic E-state index is 14.0. The van der Waals surface area contributed by atoms with Gasteiger partial charge in [-0.25, -0.2) is 4.90 Å². The summed E-state index contributed by atoms with van der Waals surface area (Å²) in [6, 6.07) is 26.9. The fraction of sp³-hybridized carbons (Fsp3) is 0.111. The molecule has 0 spiro atoms. The number of hydrogen-bond donors (Lipinski definition) is 0. The first-order valence-electron chi connectivity index (χ1n) is 14.1. The topological polar surface area (TPSA) is 92.4 Å². The highest BCUT2D eigenvalue weighted by Crippen LogP contribution is 2.35. The quantitative estimate of drug-likeness (QED) is 0.182. The van der Waals surface area contributed by atoms with Crippen molar-refractivity contribution in [3.8, 4) is 28.8 Å². The predicted molar refractivity (Wildman–Crippen MR) is 165 cm³/mol. The third-order valence-electron chi connectivity index (χ3n) is 7.82. The van der Waals surface area contributed by atoms with Gasteiger partial charge in [-0.3, -0.25) is 14.4 Å². The molecule has 0 bridgehead atoms. The van der Waals surface area contributed by atoms with E-state index in [0.29, 0.717) is 33.9 Å². The third-order valence-corrected chi connectivity index (χ3v) is 7.82. The van der Waals surface area contributed by atoms with Gasteiger partial charge in [0, 0.05) is 0 Å². The number of rotatable bonds is 6. The van der Waals surface area contributed by atoms with Crippen LogP contribution in [0.3, 0.4) is 0 Å². The first-order valence-corrected chi connectivity index (χ1v) is 14.1. The fourth-order valence-corrected chi connectivity index (χ4v) is 5.48. The second-order valence-electron chi connectivity index (χ2n) is 10.9. The van der Waals surface area contributed by atoms with Crippen LogP contribution in [-0.4, -0.2) is 16.4 Å². The van der Waals surface area contributed by atoms with Gasteiger partial charge in [0.2, 0.25) is 0 Å². The molecule has 10 heteroatoms. The van der Waals surface area contributed by atoms with Crippen molar-refractivity contribution in [1.82, 2.24) is 4.57 Å². The Morgan fingerprint density at radius 1 is 0.783 bits per heavy atom. The molecule has 228 valence electrons. The molecule has 1 aliphatic heterocycles. The summed E-state index contributed by atoms with van der Waals surface area (Å²) in [7, 11) is 0. The van der Waals surface area contributed by atoms with E-state index in [-0.39, 0.29) is 12.2 Å². The maximum Gasteiger partial charge on any atom is 0.417 e. The van der Waals surface area contributed by atoms with Crippen LogP contribution in [0.15, 0.2) is 102 Å². The number of hydrogen-bond acceptors (Lipinski definition) is 5. The summed E-state index contributed by atoms with van der Waals surface area (Å²) in [6.45, 7) is 3.72. The van der Waals surface area contributed by atoms with Crippen LogP contribution in [0.2, 0.25) is 0 Å². The molecule has 0 aliphatic carbocycles. The lowest BCUT2D eigenvalue weighted by Crippen LogP contribution is -2.29. The van der Waals surface area contributed by atoms with E-state index in [2.05, 4.69) is 0 Å². The molecule has 0 saturated carbocycles. The van der Waals surface area contributed by atoms with E-state index < -0.39 is 34.7 Å². The summed E-state index contributed by atoms with van der Waals surface area (Å²) in [6.07, 6.45) is -4.92. The van der Waals surface area contributed by atoms with Gasteiger partial charge in [-0.05, 0) is 97.3 Å². The SMILES string of the molecule is Cc1ccc(Cn2c(-c3ccc(Oc4ccc(N5C(=O)c6ccccc6C5=O)cc4)cc3)cc(C(F)(F)F)c(C#N)c2=O)c(C)c1. The molecular weight excluding hydrogens is 595 g/mol. The molecule has 7 nitrogen and oxygen atoms in total. The molecule has 0 fully saturated rings. The summed E-state index contributed by atoms with van der Waals surface area (Å²) in [5.41, 5.74) is 0.606. The zero-order valence-electron chi connectivity index (χ0n) is 24.6. The number of fused-ring (bicyclic) bond motifs is 1. The van der Waals surface area contributed by atoms with Crippen LogP contribution < -0.4 is 15.2 Å². The predicted octanol–water partition coefficient (Wildman–Crippen LogP) is 7.66.